The van der Waals surface area contributed by atoms with Gasteiger partial charge in [0.05, 0.1) is 5.56 Å². The van der Waals surface area contributed by atoms with Crippen LogP contribution in [-0.4, -0.2) is 74.1 Å². The van der Waals surface area contributed by atoms with Crippen LogP contribution in [0, 0.1) is 6.92 Å². The molecule has 0 spiro atoms. The number of piperazine rings is 1. The Bertz CT molecular complexity index is 797. The van der Waals surface area contributed by atoms with Gasteiger partial charge in [0.1, 0.15) is 5.76 Å². The summed E-state index contributed by atoms with van der Waals surface area (Å²) < 4.78 is 30.7. The smallest absolute Gasteiger partial charge is 0.275 e. The van der Waals surface area contributed by atoms with E-state index in [1.54, 1.807) is 16.7 Å². The molecule has 0 aliphatic carbocycles. The van der Waals surface area contributed by atoms with E-state index in [0.29, 0.717) is 19.6 Å². The molecule has 1 aromatic rings. The summed E-state index contributed by atoms with van der Waals surface area (Å²) in [6, 6.07) is 1.06. The Morgan fingerprint density at radius 3 is 2.52 bits per heavy atom. The van der Waals surface area contributed by atoms with Crippen LogP contribution >= 0.6 is 0 Å². The summed E-state index contributed by atoms with van der Waals surface area (Å²) in [5.74, 6) is -0.223. The highest BCUT2D eigenvalue weighted by Gasteiger charge is 2.33. The maximum atomic E-state index is 12.8. The van der Waals surface area contributed by atoms with Gasteiger partial charge in [-0.05, 0) is 19.9 Å². The molecule has 0 radical (unpaired) electrons. The van der Waals surface area contributed by atoms with Crippen LogP contribution in [0.25, 0.3) is 0 Å². The number of carbonyl (C=O) groups excluding carboxylic acids is 2. The second-order valence-corrected chi connectivity index (χ2v) is 8.24. The van der Waals surface area contributed by atoms with E-state index in [9.17, 15) is 18.0 Å². The van der Waals surface area contributed by atoms with Crippen LogP contribution in [0.3, 0.4) is 0 Å². The van der Waals surface area contributed by atoms with Crippen LogP contribution < -0.4 is 0 Å². The van der Waals surface area contributed by atoms with Crippen molar-refractivity contribution in [1.82, 2.24) is 14.1 Å². The van der Waals surface area contributed by atoms with Crippen LogP contribution in [0.15, 0.2) is 28.2 Å². The molecular weight excluding hydrogens is 346 g/mol. The second kappa shape index (κ2) is 7.01. The fraction of sp³-hybridized carbons (Fsp3) is 0.500. The van der Waals surface area contributed by atoms with Gasteiger partial charge in [0.25, 0.3) is 15.9 Å². The minimum absolute atomic E-state index is 0.169. The number of aryl methyl sites for hydroxylation is 1. The zero-order chi connectivity index (χ0) is 18.9. The summed E-state index contributed by atoms with van der Waals surface area (Å²) in [6.45, 7) is 8.03. The van der Waals surface area contributed by atoms with Crippen molar-refractivity contribution >= 4 is 21.8 Å². The number of nitrogens with zero attached hydrogens (tertiary/aromatic N) is 3. The maximum absolute atomic E-state index is 12.8. The van der Waals surface area contributed by atoms with E-state index in [-0.39, 0.29) is 34.3 Å². The Balaban J connectivity index is 2.23. The van der Waals surface area contributed by atoms with Crippen molar-refractivity contribution in [1.29, 1.82) is 0 Å². The van der Waals surface area contributed by atoms with E-state index in [1.807, 2.05) is 6.92 Å². The van der Waals surface area contributed by atoms with Gasteiger partial charge in [-0.1, -0.05) is 6.58 Å². The minimum atomic E-state index is -3.75. The topological polar surface area (TPSA) is 91.1 Å². The molecule has 9 heteroatoms. The Hall–Kier alpha value is -2.13. The molecule has 0 unspecified atom stereocenters. The van der Waals surface area contributed by atoms with Gasteiger partial charge >= 0.3 is 0 Å². The predicted molar refractivity (Wildman–Crippen MR) is 91.6 cm³/mol. The maximum Gasteiger partial charge on any atom is 0.275 e. The van der Waals surface area contributed by atoms with Gasteiger partial charge in [-0.2, -0.15) is 0 Å². The highest BCUT2D eigenvalue weighted by Crippen LogP contribution is 2.24. The molecule has 2 heterocycles. The molecule has 1 aromatic heterocycles. The van der Waals surface area contributed by atoms with E-state index in [0.717, 1.165) is 4.31 Å². The first kappa shape index (κ1) is 19.2. The number of furan rings is 1. The molecule has 0 bridgehead atoms. The number of amides is 2. The third kappa shape index (κ3) is 3.62. The third-order valence-electron chi connectivity index (χ3n) is 4.24. The molecule has 1 aliphatic heterocycles. The summed E-state index contributed by atoms with van der Waals surface area (Å²) in [4.78, 5) is 27.8. The zero-order valence-corrected chi connectivity index (χ0v) is 15.7. The average molecular weight is 369 g/mol. The van der Waals surface area contributed by atoms with Crippen molar-refractivity contribution < 1.29 is 22.4 Å². The minimum Gasteiger partial charge on any atom is -0.448 e. The molecule has 1 fully saturated rings. The normalized spacial score (nSPS) is 18.5. The number of hydrogen-bond acceptors (Lipinski definition) is 5. The largest absolute Gasteiger partial charge is 0.448 e. The first-order valence-electron chi connectivity index (χ1n) is 7.84. The number of carbonyl (C=O) groups is 2. The standard InChI is InChI=1S/C16H23N3O5S/c1-6-14(20)18-7-8-19(11(2)10-18)16(21)13-9-15(24-12(13)3)25(22,23)17(4)5/h6,9,11H,1,7-8,10H2,2-5H3/t11-/m0/s1. The van der Waals surface area contributed by atoms with Gasteiger partial charge in [0.15, 0.2) is 0 Å². The molecular formula is C16H23N3O5S. The van der Waals surface area contributed by atoms with Crippen molar-refractivity contribution in [2.24, 2.45) is 0 Å². The monoisotopic (exact) mass is 369 g/mol. The van der Waals surface area contributed by atoms with Crippen molar-refractivity contribution in [2.45, 2.75) is 25.0 Å². The fourth-order valence-electron chi connectivity index (χ4n) is 2.72. The predicted octanol–water partition coefficient (Wildman–Crippen LogP) is 0.697. The third-order valence-corrected chi connectivity index (χ3v) is 5.91. The van der Waals surface area contributed by atoms with Crippen LogP contribution in [-0.2, 0) is 14.8 Å². The molecule has 138 valence electrons. The number of rotatable bonds is 4. The first-order valence-corrected chi connectivity index (χ1v) is 9.28. The van der Waals surface area contributed by atoms with Gasteiger partial charge in [-0.15, -0.1) is 0 Å². The molecule has 8 nitrogen and oxygen atoms in total. The summed E-state index contributed by atoms with van der Waals surface area (Å²) in [6.07, 6.45) is 1.25. The molecule has 1 atom stereocenters. The average Bonchev–Trinajstić information content (AvgIpc) is 2.95. The van der Waals surface area contributed by atoms with E-state index < -0.39 is 10.0 Å². The summed E-state index contributed by atoms with van der Waals surface area (Å²) >= 11 is 0. The zero-order valence-electron chi connectivity index (χ0n) is 14.9. The van der Waals surface area contributed by atoms with E-state index >= 15 is 0 Å². The van der Waals surface area contributed by atoms with Crippen LogP contribution in [0.1, 0.15) is 23.0 Å². The quantitative estimate of drug-likeness (QED) is 0.729. The van der Waals surface area contributed by atoms with Gasteiger partial charge < -0.3 is 14.2 Å². The van der Waals surface area contributed by atoms with Crippen molar-refractivity contribution in [3.8, 4) is 0 Å². The Kier molecular flexibility index (Phi) is 5.38. The van der Waals surface area contributed by atoms with Crippen molar-refractivity contribution in [2.75, 3.05) is 33.7 Å². The van der Waals surface area contributed by atoms with Crippen LogP contribution in [0.4, 0.5) is 0 Å². The van der Waals surface area contributed by atoms with E-state index in [2.05, 4.69) is 6.58 Å². The Labute approximate surface area is 147 Å². The molecule has 2 amide bonds. The summed E-state index contributed by atoms with van der Waals surface area (Å²) in [5.41, 5.74) is 0.218. The van der Waals surface area contributed by atoms with E-state index in [4.69, 9.17) is 4.42 Å². The highest BCUT2D eigenvalue weighted by atomic mass is 32.2. The fourth-order valence-corrected chi connectivity index (χ4v) is 3.57. The van der Waals surface area contributed by atoms with Crippen molar-refractivity contribution in [3.05, 3.63) is 30.0 Å². The number of sulfonamides is 1. The number of hydrogen-bond donors (Lipinski definition) is 0. The van der Waals surface area contributed by atoms with Gasteiger partial charge in [-0.3, -0.25) is 9.59 Å². The molecule has 0 N–H and O–H groups in total. The molecule has 2 rings (SSSR count). The van der Waals surface area contributed by atoms with E-state index in [1.165, 1.54) is 26.2 Å². The lowest BCUT2D eigenvalue weighted by Gasteiger charge is -2.39. The molecule has 25 heavy (non-hydrogen) atoms. The lowest BCUT2D eigenvalue weighted by Crippen LogP contribution is -2.55. The van der Waals surface area contributed by atoms with Gasteiger partial charge in [0.2, 0.25) is 11.0 Å². The SMILES string of the molecule is C=CC(=O)N1CCN(C(=O)c2cc(S(=O)(=O)N(C)C)oc2C)[C@@H](C)C1. The molecule has 1 aliphatic rings. The summed E-state index contributed by atoms with van der Waals surface area (Å²) in [5, 5.41) is -0.258. The first-order chi connectivity index (χ1) is 11.6. The molecule has 0 aromatic carbocycles. The van der Waals surface area contributed by atoms with Crippen LogP contribution in [0.5, 0.6) is 0 Å². The lowest BCUT2D eigenvalue weighted by molar-refractivity contribution is -0.128. The highest BCUT2D eigenvalue weighted by molar-refractivity contribution is 7.88. The lowest BCUT2D eigenvalue weighted by atomic mass is 10.1. The summed E-state index contributed by atoms with van der Waals surface area (Å²) in [7, 11) is -0.957. The second-order valence-electron chi connectivity index (χ2n) is 6.16. The van der Waals surface area contributed by atoms with Crippen LogP contribution in [0.2, 0.25) is 0 Å². The molecule has 0 saturated carbocycles. The Morgan fingerprint density at radius 1 is 1.36 bits per heavy atom. The van der Waals surface area contributed by atoms with Gasteiger partial charge in [-0.25, -0.2) is 12.7 Å². The Morgan fingerprint density at radius 2 is 2.00 bits per heavy atom. The van der Waals surface area contributed by atoms with Gasteiger partial charge in [0, 0.05) is 45.8 Å². The van der Waals surface area contributed by atoms with Crippen molar-refractivity contribution in [3.63, 3.8) is 0 Å². The molecule has 1 saturated heterocycles.